The van der Waals surface area contributed by atoms with Crippen LogP contribution in [0.1, 0.15) is 26.7 Å². The fourth-order valence-corrected chi connectivity index (χ4v) is 2.71. The van der Waals surface area contributed by atoms with E-state index in [0.29, 0.717) is 30.2 Å². The van der Waals surface area contributed by atoms with E-state index < -0.39 is 17.5 Å². The van der Waals surface area contributed by atoms with E-state index in [-0.39, 0.29) is 12.5 Å². The monoisotopic (exact) mass is 325 g/mol. The van der Waals surface area contributed by atoms with Gasteiger partial charge in [0.25, 0.3) is 5.91 Å². The normalized spacial score (nSPS) is 18.9. The van der Waals surface area contributed by atoms with Crippen LogP contribution in [0.5, 0.6) is 5.75 Å². The molecule has 1 fully saturated rings. The Morgan fingerprint density at radius 1 is 1.32 bits per heavy atom. The minimum Gasteiger partial charge on any atom is -0.481 e. The number of piperidine rings is 1. The van der Waals surface area contributed by atoms with E-state index in [4.69, 9.17) is 21.4 Å². The number of likely N-dealkylation sites (tertiary alicyclic amines) is 1. The third-order valence-corrected chi connectivity index (χ3v) is 4.01. The molecule has 0 aromatic heterocycles. The van der Waals surface area contributed by atoms with Crippen LogP contribution in [0.2, 0.25) is 5.02 Å². The zero-order valence-electron chi connectivity index (χ0n) is 12.7. The zero-order chi connectivity index (χ0) is 16.3. The number of carbonyl (C=O) groups is 2. The fourth-order valence-electron chi connectivity index (χ4n) is 2.58. The quantitative estimate of drug-likeness (QED) is 0.924. The molecule has 1 aromatic carbocycles. The van der Waals surface area contributed by atoms with E-state index in [2.05, 4.69) is 0 Å². The average Bonchev–Trinajstić information content (AvgIpc) is 2.48. The van der Waals surface area contributed by atoms with Gasteiger partial charge in [-0.2, -0.15) is 0 Å². The second-order valence-electron chi connectivity index (χ2n) is 5.99. The van der Waals surface area contributed by atoms with E-state index in [1.807, 2.05) is 0 Å². The molecule has 1 atom stereocenters. The molecule has 22 heavy (non-hydrogen) atoms. The second-order valence-corrected chi connectivity index (χ2v) is 6.43. The van der Waals surface area contributed by atoms with Gasteiger partial charge in [-0.15, -0.1) is 0 Å². The first-order valence-corrected chi connectivity index (χ1v) is 7.64. The summed E-state index contributed by atoms with van der Waals surface area (Å²) in [6, 6.07) is 6.79. The minimum absolute atomic E-state index is 0.201. The maximum absolute atomic E-state index is 12.6. The number of hydrogen-bond donors (Lipinski definition) is 1. The number of carboxylic acid groups (broad SMARTS) is 1. The van der Waals surface area contributed by atoms with Gasteiger partial charge in [0.2, 0.25) is 0 Å². The van der Waals surface area contributed by atoms with Crippen LogP contribution in [-0.4, -0.2) is 40.6 Å². The summed E-state index contributed by atoms with van der Waals surface area (Å²) in [6.07, 6.45) is 1.30. The molecule has 1 heterocycles. The van der Waals surface area contributed by atoms with Crippen molar-refractivity contribution < 1.29 is 19.4 Å². The summed E-state index contributed by atoms with van der Waals surface area (Å²) in [5.41, 5.74) is -1.06. The highest BCUT2D eigenvalue weighted by Crippen LogP contribution is 2.25. The molecule has 5 nitrogen and oxygen atoms in total. The number of rotatable bonds is 4. The number of carboxylic acids is 1. The van der Waals surface area contributed by atoms with Gasteiger partial charge < -0.3 is 14.7 Å². The van der Waals surface area contributed by atoms with Crippen LogP contribution in [0.4, 0.5) is 0 Å². The molecule has 0 unspecified atom stereocenters. The highest BCUT2D eigenvalue weighted by Gasteiger charge is 2.37. The van der Waals surface area contributed by atoms with Crippen molar-refractivity contribution in [3.63, 3.8) is 0 Å². The summed E-state index contributed by atoms with van der Waals surface area (Å²) in [7, 11) is 0. The molecule has 0 aliphatic carbocycles. The molecule has 0 radical (unpaired) electrons. The lowest BCUT2D eigenvalue weighted by molar-refractivity contribution is -0.151. The minimum atomic E-state index is -1.06. The highest BCUT2D eigenvalue weighted by atomic mass is 35.5. The molecule has 2 rings (SSSR count). The molecular weight excluding hydrogens is 306 g/mol. The third kappa shape index (κ3) is 3.91. The SMILES string of the molecule is CC(C)(Oc1ccc(Cl)cc1)C(=O)N1CCC[C@H](C(=O)O)C1. The molecule has 120 valence electrons. The zero-order valence-corrected chi connectivity index (χ0v) is 13.5. The van der Waals surface area contributed by atoms with Crippen LogP contribution in [0.25, 0.3) is 0 Å². The Bertz CT molecular complexity index is 556. The van der Waals surface area contributed by atoms with E-state index >= 15 is 0 Å². The number of benzene rings is 1. The maximum atomic E-state index is 12.6. The van der Waals surface area contributed by atoms with Crippen molar-refractivity contribution in [1.29, 1.82) is 0 Å². The molecular formula is C16H20ClNO4. The first-order chi connectivity index (χ1) is 10.3. The van der Waals surface area contributed by atoms with E-state index in [1.165, 1.54) is 0 Å². The Kier molecular flexibility index (Phi) is 4.96. The standard InChI is InChI=1S/C16H20ClNO4/c1-16(2,22-13-7-5-12(17)6-8-13)15(21)18-9-3-4-11(10-18)14(19)20/h5-8,11H,3-4,9-10H2,1-2H3,(H,19,20)/t11-/m0/s1. The second kappa shape index (κ2) is 6.57. The number of nitrogens with zero attached hydrogens (tertiary/aromatic N) is 1. The topological polar surface area (TPSA) is 66.8 Å². The van der Waals surface area contributed by atoms with E-state index in [0.717, 1.165) is 0 Å². The summed E-state index contributed by atoms with van der Waals surface area (Å²) in [5.74, 6) is -0.999. The number of amides is 1. The van der Waals surface area contributed by atoms with Gasteiger partial charge in [0.1, 0.15) is 5.75 Å². The maximum Gasteiger partial charge on any atom is 0.308 e. The number of carbonyl (C=O) groups excluding carboxylic acids is 1. The Morgan fingerprint density at radius 3 is 2.55 bits per heavy atom. The van der Waals surface area contributed by atoms with Crippen molar-refractivity contribution in [1.82, 2.24) is 4.90 Å². The van der Waals surface area contributed by atoms with E-state index in [1.54, 1.807) is 43.0 Å². The number of hydrogen-bond acceptors (Lipinski definition) is 3. The van der Waals surface area contributed by atoms with E-state index in [9.17, 15) is 9.59 Å². The van der Waals surface area contributed by atoms with Crippen LogP contribution in [0, 0.1) is 5.92 Å². The van der Waals surface area contributed by atoms with Crippen molar-refractivity contribution in [2.45, 2.75) is 32.3 Å². The van der Waals surface area contributed by atoms with Gasteiger partial charge >= 0.3 is 5.97 Å². The summed E-state index contributed by atoms with van der Waals surface area (Å²) in [4.78, 5) is 25.3. The lowest BCUT2D eigenvalue weighted by Gasteiger charge is -2.36. The van der Waals surface area contributed by atoms with Crippen molar-refractivity contribution in [2.75, 3.05) is 13.1 Å². The van der Waals surface area contributed by atoms with Gasteiger partial charge in [0, 0.05) is 18.1 Å². The lowest BCUT2D eigenvalue weighted by Crippen LogP contribution is -2.52. The molecule has 0 spiro atoms. The molecule has 0 saturated carbocycles. The Labute approximate surface area is 134 Å². The van der Waals surface area contributed by atoms with Crippen molar-refractivity contribution >= 4 is 23.5 Å². The fraction of sp³-hybridized carbons (Fsp3) is 0.500. The van der Waals surface area contributed by atoms with Crippen LogP contribution < -0.4 is 4.74 Å². The van der Waals surface area contributed by atoms with Gasteiger partial charge in [-0.3, -0.25) is 9.59 Å². The van der Waals surface area contributed by atoms with Gasteiger partial charge in [-0.05, 0) is 51.0 Å². The summed E-state index contributed by atoms with van der Waals surface area (Å²) in [5, 5.41) is 9.71. The smallest absolute Gasteiger partial charge is 0.308 e. The van der Waals surface area contributed by atoms with Crippen LogP contribution in [0.15, 0.2) is 24.3 Å². The van der Waals surface area contributed by atoms with Gasteiger partial charge in [0.15, 0.2) is 5.60 Å². The Hall–Kier alpha value is -1.75. The molecule has 1 saturated heterocycles. The van der Waals surface area contributed by atoms with Gasteiger partial charge in [0.05, 0.1) is 5.92 Å². The molecule has 1 aromatic rings. The van der Waals surface area contributed by atoms with Crippen LogP contribution >= 0.6 is 11.6 Å². The molecule has 1 aliphatic rings. The Morgan fingerprint density at radius 2 is 1.95 bits per heavy atom. The van der Waals surface area contributed by atoms with Crippen molar-refractivity contribution in [3.8, 4) is 5.75 Å². The lowest BCUT2D eigenvalue weighted by atomic mass is 9.96. The molecule has 1 N–H and O–H groups in total. The number of ether oxygens (including phenoxy) is 1. The molecule has 0 bridgehead atoms. The van der Waals surface area contributed by atoms with Gasteiger partial charge in [-0.1, -0.05) is 11.6 Å². The summed E-state index contributed by atoms with van der Waals surface area (Å²) < 4.78 is 5.77. The third-order valence-electron chi connectivity index (χ3n) is 3.76. The first-order valence-electron chi connectivity index (χ1n) is 7.26. The number of halogens is 1. The molecule has 6 heteroatoms. The highest BCUT2D eigenvalue weighted by molar-refractivity contribution is 6.30. The molecule has 1 amide bonds. The molecule has 1 aliphatic heterocycles. The van der Waals surface area contributed by atoms with Crippen LogP contribution in [-0.2, 0) is 9.59 Å². The summed E-state index contributed by atoms with van der Waals surface area (Å²) in [6.45, 7) is 4.18. The largest absolute Gasteiger partial charge is 0.481 e. The number of aliphatic carboxylic acids is 1. The average molecular weight is 326 g/mol. The van der Waals surface area contributed by atoms with Crippen LogP contribution in [0.3, 0.4) is 0 Å². The van der Waals surface area contributed by atoms with Gasteiger partial charge in [-0.25, -0.2) is 0 Å². The Balaban J connectivity index is 2.06. The first kappa shape index (κ1) is 16.6. The van der Waals surface area contributed by atoms with Crippen molar-refractivity contribution in [3.05, 3.63) is 29.3 Å². The summed E-state index contributed by atoms with van der Waals surface area (Å²) >= 11 is 5.83. The predicted octanol–water partition coefficient (Wildman–Crippen LogP) is 2.82. The predicted molar refractivity (Wildman–Crippen MR) is 83.1 cm³/mol. The van der Waals surface area contributed by atoms with Crippen molar-refractivity contribution in [2.24, 2.45) is 5.92 Å².